The summed E-state index contributed by atoms with van der Waals surface area (Å²) in [7, 11) is 2.05. The fourth-order valence-electron chi connectivity index (χ4n) is 2.73. The number of hydrogen-bond donors (Lipinski definition) is 1. The van der Waals surface area contributed by atoms with Crippen LogP contribution in [0.25, 0.3) is 6.08 Å². The van der Waals surface area contributed by atoms with Gasteiger partial charge in [0.25, 0.3) is 0 Å². The molecule has 0 aliphatic carbocycles. The predicted octanol–water partition coefficient (Wildman–Crippen LogP) is 2.59. The third-order valence-electron chi connectivity index (χ3n) is 4.34. The lowest BCUT2D eigenvalue weighted by molar-refractivity contribution is -0.142. The number of benzene rings is 2. The first-order valence-corrected chi connectivity index (χ1v) is 11.1. The highest BCUT2D eigenvalue weighted by Gasteiger charge is 2.18. The van der Waals surface area contributed by atoms with E-state index in [-0.39, 0.29) is 17.3 Å². The van der Waals surface area contributed by atoms with Gasteiger partial charge in [0.2, 0.25) is 0 Å². The summed E-state index contributed by atoms with van der Waals surface area (Å²) in [5.74, 6) is 0.233. The minimum absolute atomic E-state index is 0.00794. The molecule has 1 atom stereocenters. The van der Waals surface area contributed by atoms with Crippen LogP contribution in [0.4, 0.5) is 0 Å². The van der Waals surface area contributed by atoms with Crippen molar-refractivity contribution >= 4 is 21.9 Å². The van der Waals surface area contributed by atoms with Crippen molar-refractivity contribution in [1.82, 2.24) is 0 Å². The van der Waals surface area contributed by atoms with E-state index in [9.17, 15) is 18.3 Å². The number of rotatable bonds is 10. The molecule has 10 heteroatoms. The Morgan fingerprint density at radius 2 is 1.53 bits per heavy atom. The largest absolute Gasteiger partial charge is 0.496 e. The molecule has 1 unspecified atom stereocenters. The van der Waals surface area contributed by atoms with Crippen LogP contribution in [0.1, 0.15) is 18.1 Å². The number of esters is 1. The Balaban J connectivity index is 2.33. The van der Waals surface area contributed by atoms with E-state index in [1.165, 1.54) is 53.6 Å². The van der Waals surface area contributed by atoms with Gasteiger partial charge in [0.05, 0.1) is 39.8 Å². The van der Waals surface area contributed by atoms with Crippen molar-refractivity contribution in [3.63, 3.8) is 0 Å². The van der Waals surface area contributed by atoms with E-state index < -0.39 is 21.9 Å². The Hall–Kier alpha value is -3.24. The Labute approximate surface area is 187 Å². The van der Waals surface area contributed by atoms with Crippen molar-refractivity contribution in [3.8, 4) is 28.7 Å². The first-order valence-electron chi connectivity index (χ1n) is 9.41. The Morgan fingerprint density at radius 1 is 0.938 bits per heavy atom. The number of sulfone groups is 1. The molecule has 0 saturated heterocycles. The Morgan fingerprint density at radius 3 is 2.03 bits per heavy atom. The molecule has 0 bridgehead atoms. The van der Waals surface area contributed by atoms with Crippen molar-refractivity contribution in [1.29, 1.82) is 0 Å². The molecule has 2 aromatic carbocycles. The second-order valence-electron chi connectivity index (χ2n) is 6.64. The van der Waals surface area contributed by atoms with Crippen LogP contribution in [0.15, 0.2) is 35.7 Å². The standard InChI is InChI=1S/C22H26O9S/c1-14(23)22(24)31-21-10-15(6-7-18(21)28-3)13-32(25,26)9-8-17-19(29-4)11-16(27-2)12-20(17)30-5/h6-12,14,23H,13H2,1-5H3/b9-8+. The number of carbonyl (C=O) groups excluding carboxylic acids is 1. The molecule has 0 spiro atoms. The summed E-state index contributed by atoms with van der Waals surface area (Å²) in [6, 6.07) is 7.62. The summed E-state index contributed by atoms with van der Waals surface area (Å²) in [5.41, 5.74) is 0.790. The van der Waals surface area contributed by atoms with Crippen LogP contribution in [0.5, 0.6) is 28.7 Å². The molecule has 9 nitrogen and oxygen atoms in total. The summed E-state index contributed by atoms with van der Waals surface area (Å²) in [6.45, 7) is 1.26. The maximum Gasteiger partial charge on any atom is 0.340 e. The molecule has 0 saturated carbocycles. The number of methoxy groups -OCH3 is 4. The molecule has 0 radical (unpaired) electrons. The molecular formula is C22H26O9S. The second-order valence-corrected chi connectivity index (χ2v) is 8.52. The average Bonchev–Trinajstić information content (AvgIpc) is 2.76. The van der Waals surface area contributed by atoms with E-state index in [1.807, 2.05) is 0 Å². The van der Waals surface area contributed by atoms with E-state index in [1.54, 1.807) is 18.2 Å². The zero-order chi connectivity index (χ0) is 23.9. The smallest absolute Gasteiger partial charge is 0.340 e. The van der Waals surface area contributed by atoms with Gasteiger partial charge >= 0.3 is 5.97 Å². The van der Waals surface area contributed by atoms with Crippen LogP contribution in [0.3, 0.4) is 0 Å². The van der Waals surface area contributed by atoms with Gasteiger partial charge in [-0.1, -0.05) is 6.07 Å². The van der Waals surface area contributed by atoms with E-state index in [0.717, 1.165) is 5.41 Å². The van der Waals surface area contributed by atoms with Gasteiger partial charge in [0.15, 0.2) is 21.3 Å². The van der Waals surface area contributed by atoms with Crippen molar-refractivity contribution in [2.45, 2.75) is 18.8 Å². The third kappa shape index (κ3) is 6.38. The third-order valence-corrected chi connectivity index (χ3v) is 5.63. The van der Waals surface area contributed by atoms with Gasteiger partial charge in [0.1, 0.15) is 23.4 Å². The van der Waals surface area contributed by atoms with E-state index in [0.29, 0.717) is 28.4 Å². The van der Waals surface area contributed by atoms with Gasteiger partial charge < -0.3 is 28.8 Å². The number of aliphatic hydroxyl groups excluding tert-OH is 1. The molecule has 2 rings (SSSR count). The van der Waals surface area contributed by atoms with Crippen molar-refractivity contribution in [2.24, 2.45) is 0 Å². The van der Waals surface area contributed by atoms with Crippen LogP contribution in [0, 0.1) is 0 Å². The predicted molar refractivity (Wildman–Crippen MR) is 118 cm³/mol. The molecule has 174 valence electrons. The minimum atomic E-state index is -3.73. The number of hydrogen-bond acceptors (Lipinski definition) is 9. The first-order chi connectivity index (χ1) is 15.1. The molecule has 32 heavy (non-hydrogen) atoms. The lowest BCUT2D eigenvalue weighted by Crippen LogP contribution is -2.22. The summed E-state index contributed by atoms with van der Waals surface area (Å²) in [5, 5.41) is 10.4. The number of ether oxygens (including phenoxy) is 5. The SMILES string of the molecule is COc1cc(OC)c(/C=C/S(=O)(=O)Cc2ccc(OC)c(OC(=O)C(C)O)c2)c(OC)c1. The van der Waals surface area contributed by atoms with Crippen molar-refractivity contribution < 1.29 is 42.0 Å². The Kier molecular flexibility index (Phi) is 8.50. The van der Waals surface area contributed by atoms with Gasteiger partial charge in [-0.25, -0.2) is 13.2 Å². The lowest BCUT2D eigenvalue weighted by atomic mass is 10.1. The normalized spacial score (nSPS) is 12.3. The highest BCUT2D eigenvalue weighted by molar-refractivity contribution is 7.93. The maximum absolute atomic E-state index is 12.7. The average molecular weight is 467 g/mol. The monoisotopic (exact) mass is 466 g/mol. The zero-order valence-electron chi connectivity index (χ0n) is 18.4. The first kappa shape index (κ1) is 25.0. The van der Waals surface area contributed by atoms with Gasteiger partial charge in [-0.15, -0.1) is 0 Å². The van der Waals surface area contributed by atoms with E-state index >= 15 is 0 Å². The molecule has 0 fully saturated rings. The summed E-state index contributed by atoms with van der Waals surface area (Å²) in [4.78, 5) is 11.7. The quantitative estimate of drug-likeness (QED) is 0.416. The molecule has 0 aliphatic heterocycles. The Bertz CT molecular complexity index is 1060. The molecule has 0 aromatic heterocycles. The molecule has 0 heterocycles. The van der Waals surface area contributed by atoms with Gasteiger partial charge in [-0.2, -0.15) is 0 Å². The van der Waals surface area contributed by atoms with Crippen LogP contribution in [-0.2, 0) is 20.4 Å². The fraction of sp³-hybridized carbons (Fsp3) is 0.318. The van der Waals surface area contributed by atoms with Crippen LogP contribution < -0.4 is 23.7 Å². The molecule has 0 aliphatic rings. The van der Waals surface area contributed by atoms with Crippen LogP contribution >= 0.6 is 0 Å². The minimum Gasteiger partial charge on any atom is -0.496 e. The highest BCUT2D eigenvalue weighted by atomic mass is 32.2. The summed E-state index contributed by atoms with van der Waals surface area (Å²) < 4.78 is 51.5. The fourth-order valence-corrected chi connectivity index (χ4v) is 3.82. The molecule has 1 N–H and O–H groups in total. The van der Waals surface area contributed by atoms with Gasteiger partial charge in [-0.05, 0) is 30.7 Å². The van der Waals surface area contributed by atoms with Crippen LogP contribution in [0.2, 0.25) is 0 Å². The topological polar surface area (TPSA) is 118 Å². The molecule has 0 amide bonds. The highest BCUT2D eigenvalue weighted by Crippen LogP contribution is 2.35. The lowest BCUT2D eigenvalue weighted by Gasteiger charge is -2.13. The summed E-state index contributed by atoms with van der Waals surface area (Å²) in [6.07, 6.45) is 0.0362. The van der Waals surface area contributed by atoms with E-state index in [2.05, 4.69) is 0 Å². The zero-order valence-corrected chi connectivity index (χ0v) is 19.3. The number of carbonyl (C=O) groups is 1. The molecular weight excluding hydrogens is 440 g/mol. The van der Waals surface area contributed by atoms with Crippen molar-refractivity contribution in [2.75, 3.05) is 28.4 Å². The van der Waals surface area contributed by atoms with Crippen molar-refractivity contribution in [3.05, 3.63) is 46.9 Å². The molecule has 2 aromatic rings. The summed E-state index contributed by atoms with van der Waals surface area (Å²) >= 11 is 0. The van der Waals surface area contributed by atoms with Gasteiger partial charge in [-0.3, -0.25) is 0 Å². The second kappa shape index (κ2) is 10.9. The van der Waals surface area contributed by atoms with Crippen LogP contribution in [-0.4, -0.2) is 54.0 Å². The number of aliphatic hydroxyl groups is 1. The van der Waals surface area contributed by atoms with Gasteiger partial charge in [0, 0.05) is 17.5 Å². The maximum atomic E-state index is 12.7. The van der Waals surface area contributed by atoms with E-state index in [4.69, 9.17) is 23.7 Å².